The summed E-state index contributed by atoms with van der Waals surface area (Å²) in [5.74, 6) is 0. The van der Waals surface area contributed by atoms with Gasteiger partial charge in [0.2, 0.25) is 0 Å². The lowest BCUT2D eigenvalue weighted by atomic mass is 10.1. The zero-order chi connectivity index (χ0) is 13.8. The Morgan fingerprint density at radius 3 is 2.22 bits per heavy atom. The van der Waals surface area contributed by atoms with Crippen LogP contribution in [0.2, 0.25) is 18.1 Å². The summed E-state index contributed by atoms with van der Waals surface area (Å²) in [4.78, 5) is 0. The van der Waals surface area contributed by atoms with E-state index >= 15 is 0 Å². The molecule has 0 aromatic heterocycles. The molecule has 1 N–H and O–H groups in total. The summed E-state index contributed by atoms with van der Waals surface area (Å²) in [5.41, 5.74) is 1.16. The fourth-order valence-electron chi connectivity index (χ4n) is 1.47. The Bertz CT molecular complexity index is 355. The van der Waals surface area contributed by atoms with E-state index in [2.05, 4.69) is 33.9 Å². The SMILES string of the molecule is CC(C)(C)[Si](C)(C)OC[C@@H](O)Cc1ccccc1. The van der Waals surface area contributed by atoms with Gasteiger partial charge in [-0.25, -0.2) is 0 Å². The molecule has 0 radical (unpaired) electrons. The molecule has 0 aliphatic rings. The van der Waals surface area contributed by atoms with Crippen molar-refractivity contribution in [2.45, 2.75) is 51.4 Å². The molecule has 0 saturated carbocycles. The summed E-state index contributed by atoms with van der Waals surface area (Å²) in [6.07, 6.45) is 0.247. The lowest BCUT2D eigenvalue weighted by molar-refractivity contribution is 0.100. The fraction of sp³-hybridized carbons (Fsp3) is 0.600. The van der Waals surface area contributed by atoms with Gasteiger partial charge in [0.1, 0.15) is 0 Å². The van der Waals surface area contributed by atoms with Gasteiger partial charge in [-0.15, -0.1) is 0 Å². The molecule has 0 spiro atoms. The first-order valence-electron chi connectivity index (χ1n) is 6.58. The maximum absolute atomic E-state index is 10.0. The van der Waals surface area contributed by atoms with E-state index in [4.69, 9.17) is 4.43 Å². The monoisotopic (exact) mass is 266 g/mol. The second kappa shape index (κ2) is 6.00. The van der Waals surface area contributed by atoms with Gasteiger partial charge in [0.15, 0.2) is 8.32 Å². The first-order valence-corrected chi connectivity index (χ1v) is 9.49. The molecule has 1 aromatic rings. The minimum absolute atomic E-state index is 0.194. The number of hydrogen-bond acceptors (Lipinski definition) is 2. The van der Waals surface area contributed by atoms with Crippen LogP contribution in [0.3, 0.4) is 0 Å². The lowest BCUT2D eigenvalue weighted by Crippen LogP contribution is -2.42. The van der Waals surface area contributed by atoms with Crippen molar-refractivity contribution in [1.82, 2.24) is 0 Å². The Morgan fingerprint density at radius 1 is 1.17 bits per heavy atom. The average Bonchev–Trinajstić information content (AvgIpc) is 2.26. The Labute approximate surface area is 112 Å². The van der Waals surface area contributed by atoms with E-state index in [0.717, 1.165) is 5.56 Å². The van der Waals surface area contributed by atoms with Crippen LogP contribution in [-0.2, 0) is 10.8 Å². The van der Waals surface area contributed by atoms with Crippen LogP contribution in [0.5, 0.6) is 0 Å². The van der Waals surface area contributed by atoms with Gasteiger partial charge >= 0.3 is 0 Å². The topological polar surface area (TPSA) is 29.5 Å². The van der Waals surface area contributed by atoms with Gasteiger partial charge in [0.25, 0.3) is 0 Å². The molecule has 0 amide bonds. The van der Waals surface area contributed by atoms with E-state index in [1.54, 1.807) is 0 Å². The zero-order valence-electron chi connectivity index (χ0n) is 12.2. The number of aliphatic hydroxyl groups excluding tert-OH is 1. The van der Waals surface area contributed by atoms with Crippen LogP contribution in [-0.4, -0.2) is 26.1 Å². The molecule has 1 atom stereocenters. The molecule has 0 heterocycles. The van der Waals surface area contributed by atoms with Crippen molar-refractivity contribution in [1.29, 1.82) is 0 Å². The predicted octanol–water partition coefficient (Wildman–Crippen LogP) is 3.61. The molecule has 0 fully saturated rings. The van der Waals surface area contributed by atoms with Gasteiger partial charge < -0.3 is 9.53 Å². The van der Waals surface area contributed by atoms with E-state index in [9.17, 15) is 5.11 Å². The van der Waals surface area contributed by atoms with Gasteiger partial charge in [0, 0.05) is 6.42 Å². The van der Waals surface area contributed by atoms with Crippen molar-refractivity contribution in [2.75, 3.05) is 6.61 Å². The number of aliphatic hydroxyl groups is 1. The van der Waals surface area contributed by atoms with Crippen molar-refractivity contribution in [2.24, 2.45) is 0 Å². The van der Waals surface area contributed by atoms with Gasteiger partial charge in [-0.2, -0.15) is 0 Å². The van der Waals surface area contributed by atoms with Crippen LogP contribution in [0.4, 0.5) is 0 Å². The third-order valence-electron chi connectivity index (χ3n) is 3.76. The molecule has 0 saturated heterocycles. The normalized spacial score (nSPS) is 14.6. The molecule has 18 heavy (non-hydrogen) atoms. The lowest BCUT2D eigenvalue weighted by Gasteiger charge is -2.36. The molecule has 2 nitrogen and oxygen atoms in total. The van der Waals surface area contributed by atoms with E-state index < -0.39 is 14.4 Å². The smallest absolute Gasteiger partial charge is 0.192 e. The van der Waals surface area contributed by atoms with Crippen LogP contribution in [0.25, 0.3) is 0 Å². The molecule has 0 aliphatic heterocycles. The van der Waals surface area contributed by atoms with Crippen LogP contribution in [0.1, 0.15) is 26.3 Å². The van der Waals surface area contributed by atoms with Crippen LogP contribution < -0.4 is 0 Å². The molecule has 1 aromatic carbocycles. The summed E-state index contributed by atoms with van der Waals surface area (Å²) >= 11 is 0. The summed E-state index contributed by atoms with van der Waals surface area (Å²) in [6.45, 7) is 11.5. The van der Waals surface area contributed by atoms with Crippen molar-refractivity contribution in [3.8, 4) is 0 Å². The third-order valence-corrected chi connectivity index (χ3v) is 8.26. The van der Waals surface area contributed by atoms with Gasteiger partial charge in [-0.1, -0.05) is 51.1 Å². The van der Waals surface area contributed by atoms with E-state index in [0.29, 0.717) is 13.0 Å². The maximum atomic E-state index is 10.0. The van der Waals surface area contributed by atoms with Crippen molar-refractivity contribution < 1.29 is 9.53 Å². The summed E-state index contributed by atoms with van der Waals surface area (Å²) in [5, 5.41) is 10.2. The van der Waals surface area contributed by atoms with Crippen LogP contribution in [0.15, 0.2) is 30.3 Å². The highest BCUT2D eigenvalue weighted by Gasteiger charge is 2.37. The Kier molecular flexibility index (Phi) is 5.14. The Morgan fingerprint density at radius 2 is 1.72 bits per heavy atom. The highest BCUT2D eigenvalue weighted by atomic mass is 28.4. The Hall–Kier alpha value is -0.643. The zero-order valence-corrected chi connectivity index (χ0v) is 13.2. The predicted molar refractivity (Wildman–Crippen MR) is 79.3 cm³/mol. The largest absolute Gasteiger partial charge is 0.414 e. The second-order valence-corrected chi connectivity index (χ2v) is 11.2. The molecular formula is C15H26O2Si. The van der Waals surface area contributed by atoms with E-state index in [1.807, 2.05) is 30.3 Å². The molecule has 0 aliphatic carbocycles. The van der Waals surface area contributed by atoms with Crippen molar-refractivity contribution >= 4 is 8.32 Å². The standard InChI is InChI=1S/C15H26O2Si/c1-15(2,3)18(4,5)17-12-14(16)11-13-9-7-6-8-10-13/h6-10,14,16H,11-12H2,1-5H3/t14-/m0/s1. The molecule has 3 heteroatoms. The van der Waals surface area contributed by atoms with Gasteiger partial charge in [-0.3, -0.25) is 0 Å². The number of rotatable bonds is 5. The highest BCUT2D eigenvalue weighted by Crippen LogP contribution is 2.36. The maximum Gasteiger partial charge on any atom is 0.192 e. The number of benzene rings is 1. The minimum Gasteiger partial charge on any atom is -0.414 e. The molecule has 0 unspecified atom stereocenters. The van der Waals surface area contributed by atoms with Crippen molar-refractivity contribution in [3.05, 3.63) is 35.9 Å². The first-order chi connectivity index (χ1) is 8.22. The quantitative estimate of drug-likeness (QED) is 0.825. The second-order valence-electron chi connectivity index (χ2n) is 6.41. The highest BCUT2D eigenvalue weighted by molar-refractivity contribution is 6.74. The summed E-state index contributed by atoms with van der Waals surface area (Å²) < 4.78 is 6.02. The van der Waals surface area contributed by atoms with Crippen LogP contribution >= 0.6 is 0 Å². The van der Waals surface area contributed by atoms with E-state index in [1.165, 1.54) is 0 Å². The van der Waals surface area contributed by atoms with Gasteiger partial charge in [-0.05, 0) is 23.7 Å². The molecule has 102 valence electrons. The van der Waals surface area contributed by atoms with Crippen molar-refractivity contribution in [3.63, 3.8) is 0 Å². The molecular weight excluding hydrogens is 240 g/mol. The van der Waals surface area contributed by atoms with Gasteiger partial charge in [0.05, 0.1) is 12.7 Å². The summed E-state index contributed by atoms with van der Waals surface area (Å²) in [7, 11) is -1.74. The molecule has 1 rings (SSSR count). The molecule has 0 bridgehead atoms. The van der Waals surface area contributed by atoms with Crippen LogP contribution in [0, 0.1) is 0 Å². The minimum atomic E-state index is -1.74. The third kappa shape index (κ3) is 4.56. The summed E-state index contributed by atoms with van der Waals surface area (Å²) in [6, 6.07) is 10.1. The Balaban J connectivity index is 2.45. The number of hydrogen-bond donors (Lipinski definition) is 1. The average molecular weight is 266 g/mol. The first kappa shape index (κ1) is 15.4. The fourth-order valence-corrected chi connectivity index (χ4v) is 2.51. The van der Waals surface area contributed by atoms with E-state index in [-0.39, 0.29) is 5.04 Å².